The molecule has 1 aromatic carbocycles. The van der Waals surface area contributed by atoms with Gasteiger partial charge in [-0.1, -0.05) is 29.3 Å². The van der Waals surface area contributed by atoms with Crippen molar-refractivity contribution in [3.05, 3.63) is 69.4 Å². The summed E-state index contributed by atoms with van der Waals surface area (Å²) in [5.74, 6) is 0.0270. The number of thiazole rings is 1. The van der Waals surface area contributed by atoms with E-state index >= 15 is 0 Å². The van der Waals surface area contributed by atoms with Crippen molar-refractivity contribution >= 4 is 40.4 Å². The summed E-state index contributed by atoms with van der Waals surface area (Å²) in [6.07, 6.45) is 3.76. The molecule has 0 N–H and O–H groups in total. The highest BCUT2D eigenvalue weighted by molar-refractivity contribution is 7.13. The minimum atomic E-state index is 0.0270. The molecule has 0 saturated heterocycles. The number of rotatable bonds is 6. The Morgan fingerprint density at radius 2 is 2.04 bits per heavy atom. The number of nitrogens with zero attached hydrogens (tertiary/aromatic N) is 3. The number of pyridine rings is 1. The van der Waals surface area contributed by atoms with E-state index in [1.165, 1.54) is 11.3 Å². The smallest absolute Gasteiger partial charge is 0.229 e. The van der Waals surface area contributed by atoms with Gasteiger partial charge in [0, 0.05) is 35.9 Å². The van der Waals surface area contributed by atoms with E-state index in [0.717, 1.165) is 21.8 Å². The number of hydrogen-bond donors (Lipinski definition) is 0. The Bertz CT molecular complexity index is 928. The molecule has 4 nitrogen and oxygen atoms in total. The molecule has 0 saturated carbocycles. The Labute approximate surface area is 172 Å². The van der Waals surface area contributed by atoms with Gasteiger partial charge in [-0.3, -0.25) is 9.78 Å². The number of amides is 1. The fourth-order valence-corrected chi connectivity index (χ4v) is 3.79. The lowest BCUT2D eigenvalue weighted by molar-refractivity contribution is -0.132. The van der Waals surface area contributed by atoms with Crippen molar-refractivity contribution in [3.63, 3.8) is 0 Å². The van der Waals surface area contributed by atoms with Crippen molar-refractivity contribution in [3.8, 4) is 10.6 Å². The second-order valence-corrected chi connectivity index (χ2v) is 8.10. The summed E-state index contributed by atoms with van der Waals surface area (Å²) in [6.45, 7) is 4.47. The molecule has 3 rings (SSSR count). The van der Waals surface area contributed by atoms with Gasteiger partial charge in [-0.05, 0) is 43.7 Å². The van der Waals surface area contributed by atoms with Crippen molar-refractivity contribution < 1.29 is 4.79 Å². The van der Waals surface area contributed by atoms with Gasteiger partial charge in [0.15, 0.2) is 0 Å². The van der Waals surface area contributed by atoms with Gasteiger partial charge < -0.3 is 4.90 Å². The molecule has 27 heavy (non-hydrogen) atoms. The molecule has 2 heterocycles. The van der Waals surface area contributed by atoms with Crippen LogP contribution in [0, 0.1) is 0 Å². The van der Waals surface area contributed by atoms with Crippen molar-refractivity contribution in [1.82, 2.24) is 14.9 Å². The molecule has 140 valence electrons. The highest BCUT2D eigenvalue weighted by atomic mass is 35.5. The Morgan fingerprint density at radius 3 is 2.70 bits per heavy atom. The number of benzene rings is 1. The third kappa shape index (κ3) is 5.06. The standard InChI is InChI=1S/C20H19Cl2N3OS/c1-13(2)25(11-14-5-6-17(21)18(22)8-14)19(26)9-16-12-27-20(24-16)15-4-3-7-23-10-15/h3-8,10,12-13H,9,11H2,1-2H3. The van der Waals surface area contributed by atoms with E-state index in [4.69, 9.17) is 23.2 Å². The lowest BCUT2D eigenvalue weighted by atomic mass is 10.1. The predicted molar refractivity (Wildman–Crippen MR) is 111 cm³/mol. The van der Waals surface area contributed by atoms with E-state index in [0.29, 0.717) is 16.6 Å². The van der Waals surface area contributed by atoms with Crippen LogP contribution in [0.2, 0.25) is 10.0 Å². The second-order valence-electron chi connectivity index (χ2n) is 6.43. The fourth-order valence-electron chi connectivity index (χ4n) is 2.66. The van der Waals surface area contributed by atoms with Crippen molar-refractivity contribution in [2.75, 3.05) is 0 Å². The van der Waals surface area contributed by atoms with Crippen LogP contribution in [0.3, 0.4) is 0 Å². The van der Waals surface area contributed by atoms with Gasteiger partial charge in [-0.15, -0.1) is 11.3 Å². The maximum atomic E-state index is 12.9. The Balaban J connectivity index is 1.72. The van der Waals surface area contributed by atoms with Crippen LogP contribution in [0.4, 0.5) is 0 Å². The average Bonchev–Trinajstić information content (AvgIpc) is 3.11. The van der Waals surface area contributed by atoms with E-state index in [-0.39, 0.29) is 18.4 Å². The molecule has 0 bridgehead atoms. The van der Waals surface area contributed by atoms with Crippen molar-refractivity contribution in [1.29, 1.82) is 0 Å². The number of aromatic nitrogens is 2. The number of halogens is 2. The molecule has 0 aliphatic carbocycles. The molecular formula is C20H19Cl2N3OS. The van der Waals surface area contributed by atoms with E-state index in [1.807, 2.05) is 42.3 Å². The molecule has 0 spiro atoms. The highest BCUT2D eigenvalue weighted by Crippen LogP contribution is 2.25. The van der Waals surface area contributed by atoms with E-state index in [9.17, 15) is 4.79 Å². The summed E-state index contributed by atoms with van der Waals surface area (Å²) in [6, 6.07) is 9.34. The van der Waals surface area contributed by atoms with Gasteiger partial charge in [-0.2, -0.15) is 0 Å². The zero-order valence-corrected chi connectivity index (χ0v) is 17.4. The van der Waals surface area contributed by atoms with Crippen molar-refractivity contribution in [2.24, 2.45) is 0 Å². The van der Waals surface area contributed by atoms with E-state index in [2.05, 4.69) is 9.97 Å². The number of hydrogen-bond acceptors (Lipinski definition) is 4. The first-order valence-corrected chi connectivity index (χ1v) is 10.2. The summed E-state index contributed by atoms with van der Waals surface area (Å²) in [5, 5.41) is 3.79. The minimum Gasteiger partial charge on any atom is -0.336 e. The molecule has 0 aliphatic heterocycles. The Morgan fingerprint density at radius 1 is 1.22 bits per heavy atom. The predicted octanol–water partition coefficient (Wildman–Crippen LogP) is 5.49. The van der Waals surface area contributed by atoms with Gasteiger partial charge in [0.1, 0.15) is 5.01 Å². The molecular weight excluding hydrogens is 401 g/mol. The topological polar surface area (TPSA) is 46.1 Å². The first kappa shape index (κ1) is 19.8. The summed E-state index contributed by atoms with van der Waals surface area (Å²) in [5.41, 5.74) is 2.67. The summed E-state index contributed by atoms with van der Waals surface area (Å²) < 4.78 is 0. The van der Waals surface area contributed by atoms with Gasteiger partial charge in [0.05, 0.1) is 22.2 Å². The molecule has 2 aromatic heterocycles. The molecule has 0 radical (unpaired) electrons. The van der Waals surface area contributed by atoms with Crippen LogP contribution in [0.1, 0.15) is 25.1 Å². The summed E-state index contributed by atoms with van der Waals surface area (Å²) in [4.78, 5) is 23.4. The monoisotopic (exact) mass is 419 g/mol. The first-order valence-electron chi connectivity index (χ1n) is 8.52. The number of carbonyl (C=O) groups excluding carboxylic acids is 1. The summed E-state index contributed by atoms with van der Waals surface area (Å²) in [7, 11) is 0. The second kappa shape index (κ2) is 8.83. The lowest BCUT2D eigenvalue weighted by Gasteiger charge is -2.27. The zero-order valence-electron chi connectivity index (χ0n) is 15.0. The van der Waals surface area contributed by atoms with Crippen LogP contribution in [-0.2, 0) is 17.8 Å². The Hall–Kier alpha value is -1.95. The summed E-state index contributed by atoms with van der Waals surface area (Å²) >= 11 is 13.6. The third-order valence-electron chi connectivity index (χ3n) is 4.07. The van der Waals surface area contributed by atoms with E-state index in [1.54, 1.807) is 24.5 Å². The molecule has 0 fully saturated rings. The van der Waals surface area contributed by atoms with Crippen LogP contribution in [0.5, 0.6) is 0 Å². The molecule has 0 aliphatic rings. The number of carbonyl (C=O) groups is 1. The maximum absolute atomic E-state index is 12.9. The SMILES string of the molecule is CC(C)N(Cc1ccc(Cl)c(Cl)c1)C(=O)Cc1csc(-c2cccnc2)n1. The highest BCUT2D eigenvalue weighted by Gasteiger charge is 2.19. The van der Waals surface area contributed by atoms with Crippen LogP contribution < -0.4 is 0 Å². The van der Waals surface area contributed by atoms with Gasteiger partial charge in [-0.25, -0.2) is 4.98 Å². The maximum Gasteiger partial charge on any atom is 0.229 e. The largest absolute Gasteiger partial charge is 0.336 e. The molecule has 1 amide bonds. The van der Waals surface area contributed by atoms with E-state index < -0.39 is 0 Å². The normalized spacial score (nSPS) is 11.0. The van der Waals surface area contributed by atoms with Crippen LogP contribution in [-0.4, -0.2) is 26.8 Å². The quantitative estimate of drug-likeness (QED) is 0.530. The third-order valence-corrected chi connectivity index (χ3v) is 5.75. The molecule has 0 unspecified atom stereocenters. The Kier molecular flexibility index (Phi) is 6.47. The molecule has 7 heteroatoms. The molecule has 3 aromatic rings. The zero-order chi connectivity index (χ0) is 19.4. The lowest BCUT2D eigenvalue weighted by Crippen LogP contribution is -2.37. The van der Waals surface area contributed by atoms with Gasteiger partial charge in [0.2, 0.25) is 5.91 Å². The van der Waals surface area contributed by atoms with Crippen LogP contribution in [0.15, 0.2) is 48.1 Å². The molecule has 0 atom stereocenters. The van der Waals surface area contributed by atoms with Crippen LogP contribution >= 0.6 is 34.5 Å². The van der Waals surface area contributed by atoms with Crippen molar-refractivity contribution in [2.45, 2.75) is 32.9 Å². The average molecular weight is 420 g/mol. The minimum absolute atomic E-state index is 0.0270. The first-order chi connectivity index (χ1) is 12.9. The van der Waals surface area contributed by atoms with Gasteiger partial charge in [0.25, 0.3) is 0 Å². The van der Waals surface area contributed by atoms with Crippen LogP contribution in [0.25, 0.3) is 10.6 Å². The fraction of sp³-hybridized carbons (Fsp3) is 0.250. The van der Waals surface area contributed by atoms with Gasteiger partial charge >= 0.3 is 0 Å².